The molecule has 0 spiro atoms. The maximum Gasteiger partial charge on any atom is 0.273 e. The minimum Gasteiger partial charge on any atom is -0.349 e. The quantitative estimate of drug-likeness (QED) is 0.807. The summed E-state index contributed by atoms with van der Waals surface area (Å²) in [5.41, 5.74) is 1.22. The number of rotatable bonds is 8. The van der Waals surface area contributed by atoms with E-state index >= 15 is 0 Å². The van der Waals surface area contributed by atoms with Gasteiger partial charge >= 0.3 is 0 Å². The first-order chi connectivity index (χ1) is 11.6. The predicted octanol–water partition coefficient (Wildman–Crippen LogP) is 2.36. The summed E-state index contributed by atoms with van der Waals surface area (Å²) in [5, 5.41) is 11.0. The molecule has 1 atom stereocenters. The third-order valence-electron chi connectivity index (χ3n) is 4.27. The molecule has 0 bridgehead atoms. The van der Waals surface area contributed by atoms with E-state index in [1.165, 1.54) is 0 Å². The van der Waals surface area contributed by atoms with Crippen LogP contribution >= 0.6 is 0 Å². The molecule has 0 saturated heterocycles. The zero-order valence-electron chi connectivity index (χ0n) is 14.9. The van der Waals surface area contributed by atoms with Gasteiger partial charge in [0.15, 0.2) is 5.69 Å². The number of nitrogens with zero attached hydrogens (tertiary/aromatic N) is 4. The normalized spacial score (nSPS) is 12.6. The van der Waals surface area contributed by atoms with Crippen LogP contribution in [0.25, 0.3) is 5.69 Å². The van der Waals surface area contributed by atoms with Crippen molar-refractivity contribution in [2.24, 2.45) is 5.92 Å². The molecule has 0 aliphatic carbocycles. The van der Waals surface area contributed by atoms with Gasteiger partial charge in [-0.05, 0) is 31.1 Å². The van der Waals surface area contributed by atoms with Crippen LogP contribution in [0.4, 0.5) is 0 Å². The lowest BCUT2D eigenvalue weighted by Gasteiger charge is -2.32. The Morgan fingerprint density at radius 1 is 1.21 bits per heavy atom. The van der Waals surface area contributed by atoms with E-state index in [-0.39, 0.29) is 5.91 Å². The summed E-state index contributed by atoms with van der Waals surface area (Å²) >= 11 is 0. The van der Waals surface area contributed by atoms with Gasteiger partial charge in [0.05, 0.1) is 11.9 Å². The minimum absolute atomic E-state index is 0.185. The summed E-state index contributed by atoms with van der Waals surface area (Å²) in [6.07, 6.45) is 1.66. The second-order valence-electron chi connectivity index (χ2n) is 6.13. The number of carbonyl (C=O) groups excluding carboxylic acids is 1. The van der Waals surface area contributed by atoms with Crippen LogP contribution in [0.2, 0.25) is 0 Å². The molecule has 6 heteroatoms. The molecule has 6 nitrogen and oxygen atoms in total. The highest BCUT2D eigenvalue weighted by Gasteiger charge is 2.21. The zero-order chi connectivity index (χ0) is 17.5. The Hall–Kier alpha value is -2.21. The van der Waals surface area contributed by atoms with Crippen molar-refractivity contribution >= 4 is 5.91 Å². The molecule has 1 N–H and O–H groups in total. The fourth-order valence-electron chi connectivity index (χ4n) is 2.84. The summed E-state index contributed by atoms with van der Waals surface area (Å²) in [7, 11) is 0. The van der Waals surface area contributed by atoms with Gasteiger partial charge < -0.3 is 5.32 Å². The largest absolute Gasteiger partial charge is 0.349 e. The summed E-state index contributed by atoms with van der Waals surface area (Å²) in [5.74, 6) is 0.278. The Morgan fingerprint density at radius 3 is 2.46 bits per heavy atom. The van der Waals surface area contributed by atoms with Crippen LogP contribution in [0.5, 0.6) is 0 Å². The molecular formula is C18H27N5O. The Morgan fingerprint density at radius 2 is 1.88 bits per heavy atom. The molecule has 1 aromatic carbocycles. The highest BCUT2D eigenvalue weighted by molar-refractivity contribution is 5.91. The van der Waals surface area contributed by atoms with Crippen LogP contribution in [0.1, 0.15) is 38.2 Å². The van der Waals surface area contributed by atoms with Crippen LogP contribution in [-0.4, -0.2) is 51.5 Å². The minimum atomic E-state index is -0.185. The van der Waals surface area contributed by atoms with E-state index in [9.17, 15) is 4.79 Å². The van der Waals surface area contributed by atoms with Crippen molar-refractivity contribution < 1.29 is 4.79 Å². The number of aromatic nitrogens is 3. The maximum absolute atomic E-state index is 12.4. The maximum atomic E-state index is 12.4. The number of carbonyl (C=O) groups is 1. The lowest BCUT2D eigenvalue weighted by atomic mass is 10.0. The molecule has 0 fully saturated rings. The first kappa shape index (κ1) is 18.1. The monoisotopic (exact) mass is 329 g/mol. The molecule has 2 aromatic rings. The van der Waals surface area contributed by atoms with Crippen molar-refractivity contribution in [2.45, 2.75) is 33.7 Å². The number of likely N-dealkylation sites (N-methyl/N-ethyl adjacent to an activating group) is 1. The van der Waals surface area contributed by atoms with Gasteiger partial charge in [0.1, 0.15) is 0 Å². The molecule has 1 aromatic heterocycles. The molecule has 1 amide bonds. The Kier molecular flexibility index (Phi) is 6.49. The third kappa shape index (κ3) is 4.41. The van der Waals surface area contributed by atoms with Gasteiger partial charge in [0.25, 0.3) is 5.91 Å². The second-order valence-corrected chi connectivity index (χ2v) is 6.13. The topological polar surface area (TPSA) is 63.1 Å². The van der Waals surface area contributed by atoms with Crippen molar-refractivity contribution in [3.63, 3.8) is 0 Å². The predicted molar refractivity (Wildman–Crippen MR) is 95.2 cm³/mol. The molecule has 1 heterocycles. The highest BCUT2D eigenvalue weighted by Crippen LogP contribution is 2.10. The van der Waals surface area contributed by atoms with Crippen molar-refractivity contribution in [2.75, 3.05) is 19.6 Å². The van der Waals surface area contributed by atoms with E-state index < -0.39 is 0 Å². The van der Waals surface area contributed by atoms with Crippen LogP contribution in [0.3, 0.4) is 0 Å². The van der Waals surface area contributed by atoms with Crippen molar-refractivity contribution in [3.05, 3.63) is 42.2 Å². The second kappa shape index (κ2) is 8.59. The first-order valence-corrected chi connectivity index (χ1v) is 8.56. The van der Waals surface area contributed by atoms with Gasteiger partial charge in [-0.3, -0.25) is 9.69 Å². The first-order valence-electron chi connectivity index (χ1n) is 8.56. The Bertz CT molecular complexity index is 634. The average Bonchev–Trinajstić information content (AvgIpc) is 3.09. The molecular weight excluding hydrogens is 302 g/mol. The van der Waals surface area contributed by atoms with Gasteiger partial charge in [-0.2, -0.15) is 0 Å². The summed E-state index contributed by atoms with van der Waals surface area (Å²) in [6.45, 7) is 11.2. The summed E-state index contributed by atoms with van der Waals surface area (Å²) < 4.78 is 1.61. The SMILES string of the molecule is CCN(CC)[C@@H](CNC(=O)c1cn(-c2ccccc2)nn1)C(C)C. The van der Waals surface area contributed by atoms with Crippen LogP contribution < -0.4 is 5.32 Å². The number of benzene rings is 1. The van der Waals surface area contributed by atoms with Gasteiger partial charge in [-0.15, -0.1) is 5.10 Å². The third-order valence-corrected chi connectivity index (χ3v) is 4.27. The lowest BCUT2D eigenvalue weighted by molar-refractivity contribution is 0.0916. The number of para-hydroxylation sites is 1. The number of amides is 1. The Labute approximate surface area is 143 Å². The fraction of sp³-hybridized carbons (Fsp3) is 0.500. The van der Waals surface area contributed by atoms with Gasteiger partial charge in [0, 0.05) is 12.6 Å². The van der Waals surface area contributed by atoms with E-state index in [1.54, 1.807) is 10.9 Å². The average molecular weight is 329 g/mol. The van der Waals surface area contributed by atoms with E-state index in [2.05, 4.69) is 48.2 Å². The molecule has 2 rings (SSSR count). The molecule has 24 heavy (non-hydrogen) atoms. The lowest BCUT2D eigenvalue weighted by Crippen LogP contribution is -2.46. The van der Waals surface area contributed by atoms with Crippen LogP contribution in [0.15, 0.2) is 36.5 Å². The van der Waals surface area contributed by atoms with E-state index in [1.807, 2.05) is 30.3 Å². The van der Waals surface area contributed by atoms with Gasteiger partial charge in [-0.25, -0.2) is 4.68 Å². The van der Waals surface area contributed by atoms with E-state index in [4.69, 9.17) is 0 Å². The zero-order valence-corrected chi connectivity index (χ0v) is 14.9. The van der Waals surface area contributed by atoms with Gasteiger partial charge in [0.2, 0.25) is 0 Å². The molecule has 0 unspecified atom stereocenters. The number of nitrogens with one attached hydrogen (secondary N) is 1. The fourth-order valence-corrected chi connectivity index (χ4v) is 2.84. The standard InChI is InChI=1S/C18H27N5O/c1-5-22(6-2)17(14(3)4)12-19-18(24)16-13-23(21-20-16)15-10-8-7-9-11-15/h7-11,13-14,17H,5-6,12H2,1-4H3,(H,19,24)/t17-/m0/s1. The van der Waals surface area contributed by atoms with Crippen molar-refractivity contribution in [1.29, 1.82) is 0 Å². The van der Waals surface area contributed by atoms with Crippen molar-refractivity contribution in [3.8, 4) is 5.69 Å². The molecule has 130 valence electrons. The molecule has 0 aliphatic heterocycles. The number of hydrogen-bond acceptors (Lipinski definition) is 4. The number of hydrogen-bond donors (Lipinski definition) is 1. The smallest absolute Gasteiger partial charge is 0.273 e. The van der Waals surface area contributed by atoms with Crippen LogP contribution in [0, 0.1) is 5.92 Å². The van der Waals surface area contributed by atoms with Crippen molar-refractivity contribution in [1.82, 2.24) is 25.2 Å². The molecule has 0 saturated carbocycles. The van der Waals surface area contributed by atoms with E-state index in [0.29, 0.717) is 24.2 Å². The Balaban J connectivity index is 2.01. The highest BCUT2D eigenvalue weighted by atomic mass is 16.2. The molecule has 0 aliphatic rings. The van der Waals surface area contributed by atoms with Crippen LogP contribution in [-0.2, 0) is 0 Å². The summed E-state index contributed by atoms with van der Waals surface area (Å²) in [6, 6.07) is 9.94. The van der Waals surface area contributed by atoms with Gasteiger partial charge in [-0.1, -0.05) is 51.1 Å². The summed E-state index contributed by atoms with van der Waals surface area (Å²) in [4.78, 5) is 14.7. The van der Waals surface area contributed by atoms with E-state index in [0.717, 1.165) is 18.8 Å². The molecule has 0 radical (unpaired) electrons.